The Morgan fingerprint density at radius 1 is 1.00 bits per heavy atom. The number of amides is 2. The van der Waals surface area contributed by atoms with E-state index in [1.165, 1.54) is 11.0 Å². The van der Waals surface area contributed by atoms with E-state index in [4.69, 9.17) is 32.1 Å². The van der Waals surface area contributed by atoms with Gasteiger partial charge in [-0.15, -0.1) is 0 Å². The summed E-state index contributed by atoms with van der Waals surface area (Å²) >= 11 is 6.16. The molecule has 2 amide bonds. The van der Waals surface area contributed by atoms with Crippen LogP contribution in [-0.4, -0.2) is 65.6 Å². The van der Waals surface area contributed by atoms with Gasteiger partial charge in [0.2, 0.25) is 11.8 Å². The molecule has 262 valence electrons. The average molecular weight is 691 g/mol. The van der Waals surface area contributed by atoms with Crippen molar-refractivity contribution in [2.24, 2.45) is 4.99 Å². The molecule has 4 rings (SSSR count). The highest BCUT2D eigenvalue weighted by Gasteiger charge is 2.32. The lowest BCUT2D eigenvalue weighted by Gasteiger charge is -2.26. The zero-order chi connectivity index (χ0) is 36.5. The van der Waals surface area contributed by atoms with Crippen LogP contribution < -0.4 is 25.7 Å². The third-order valence-electron chi connectivity index (χ3n) is 7.05. The number of nitrogens with zero attached hydrogens (tertiary/aromatic N) is 2. The van der Waals surface area contributed by atoms with Gasteiger partial charge in [0.25, 0.3) is 0 Å². The molecule has 0 saturated carbocycles. The number of fused-ring (bicyclic) bond motifs is 1. The standard InChI is InChI=1S/C32H36BClN6O5.2C2H6/c1-3-37-30(42)19-27-32(36)40(20(2)35)28-15-14-25(18-26(28)31(39-27)21-10-12-23(34)13-11-21)45-16-5-4-9-29(41)38-24-8-6-7-22(17-24)33(43)44;2*1-2/h6-8,10-15,17-18,27,35-36,43-44H,3-5,9,16,19H2,1-2H3,(H,37,42)(H,38,41);2*1-2H3/t27-;;/m0../s1. The van der Waals surface area contributed by atoms with Gasteiger partial charge in [-0.25, -0.2) is 0 Å². The van der Waals surface area contributed by atoms with Crippen molar-refractivity contribution in [3.63, 3.8) is 0 Å². The number of carbonyl (C=O) groups is 2. The minimum Gasteiger partial charge on any atom is -0.494 e. The second-order valence-corrected chi connectivity index (χ2v) is 10.9. The van der Waals surface area contributed by atoms with Crippen LogP contribution in [0.5, 0.6) is 5.75 Å². The molecule has 1 heterocycles. The number of hydrogen-bond donors (Lipinski definition) is 6. The molecule has 3 aromatic carbocycles. The van der Waals surface area contributed by atoms with E-state index in [-0.39, 0.29) is 36.3 Å². The number of hydrogen-bond acceptors (Lipinski definition) is 8. The molecular weight excluding hydrogens is 643 g/mol. The minimum atomic E-state index is -1.61. The molecule has 0 unspecified atom stereocenters. The van der Waals surface area contributed by atoms with Crippen LogP contribution in [0.4, 0.5) is 11.4 Å². The van der Waals surface area contributed by atoms with Gasteiger partial charge in [0.15, 0.2) is 0 Å². The molecule has 0 aromatic heterocycles. The van der Waals surface area contributed by atoms with E-state index in [1.54, 1.807) is 49.4 Å². The van der Waals surface area contributed by atoms with Crippen molar-refractivity contribution in [1.82, 2.24) is 5.32 Å². The number of carbonyl (C=O) groups excluding carboxylic acids is 2. The molecule has 0 saturated heterocycles. The first-order valence-electron chi connectivity index (χ1n) is 16.6. The van der Waals surface area contributed by atoms with E-state index in [1.807, 2.05) is 52.8 Å². The van der Waals surface area contributed by atoms with Gasteiger partial charge in [-0.3, -0.25) is 30.3 Å². The van der Waals surface area contributed by atoms with E-state index in [2.05, 4.69) is 10.6 Å². The number of anilines is 2. The molecule has 0 spiro atoms. The van der Waals surface area contributed by atoms with Gasteiger partial charge in [0, 0.05) is 34.8 Å². The molecule has 0 radical (unpaired) electrons. The third kappa shape index (κ3) is 11.8. The Morgan fingerprint density at radius 3 is 2.33 bits per heavy atom. The number of unbranched alkanes of at least 4 members (excludes halogenated alkanes) is 1. The summed E-state index contributed by atoms with van der Waals surface area (Å²) in [5.41, 5.74) is 3.27. The summed E-state index contributed by atoms with van der Waals surface area (Å²) in [5, 5.41) is 42.2. The lowest BCUT2D eigenvalue weighted by molar-refractivity contribution is -0.121. The van der Waals surface area contributed by atoms with Crippen molar-refractivity contribution in [2.45, 2.75) is 73.3 Å². The maximum Gasteiger partial charge on any atom is 0.488 e. The molecule has 1 aliphatic heterocycles. The van der Waals surface area contributed by atoms with Gasteiger partial charge in [0.1, 0.15) is 23.5 Å². The quantitative estimate of drug-likeness (QED) is 0.0608. The number of nitrogens with one attached hydrogen (secondary N) is 4. The SMILES string of the molecule is CC.CC.CCNC(=O)C[C@@H]1N=C(c2ccc(Cl)cc2)c2cc(OCCCCC(=O)Nc3cccc(B(O)O)c3)ccc2N(C(C)=N)C1=N. The minimum absolute atomic E-state index is 0.0187. The van der Waals surface area contributed by atoms with E-state index in [0.29, 0.717) is 64.9 Å². The fraction of sp³-hybridized carbons (Fsp3) is 0.361. The Labute approximate surface area is 294 Å². The second-order valence-electron chi connectivity index (χ2n) is 10.5. The molecule has 0 bridgehead atoms. The number of benzene rings is 3. The highest BCUT2D eigenvalue weighted by molar-refractivity contribution is 6.58. The van der Waals surface area contributed by atoms with Crippen molar-refractivity contribution < 1.29 is 24.4 Å². The average Bonchev–Trinajstić information content (AvgIpc) is 3.20. The van der Waals surface area contributed by atoms with E-state index < -0.39 is 13.2 Å². The maximum atomic E-state index is 12.6. The molecule has 0 fully saturated rings. The Kier molecular flexibility index (Phi) is 17.2. The molecule has 0 aliphatic carbocycles. The molecule has 1 aliphatic rings. The van der Waals surface area contributed by atoms with Crippen LogP contribution in [-0.2, 0) is 9.59 Å². The highest BCUT2D eigenvalue weighted by atomic mass is 35.5. The summed E-state index contributed by atoms with van der Waals surface area (Å²) in [6.07, 6.45) is 1.38. The number of aliphatic imine (C=N–C) groups is 1. The molecular formula is C36H48BClN6O5. The third-order valence-corrected chi connectivity index (χ3v) is 7.30. The van der Waals surface area contributed by atoms with Crippen LogP contribution in [0.3, 0.4) is 0 Å². The number of amidine groups is 2. The van der Waals surface area contributed by atoms with Gasteiger partial charge in [0.05, 0.1) is 24.4 Å². The Balaban J connectivity index is 0.00000201. The topological polar surface area (TPSA) is 171 Å². The predicted molar refractivity (Wildman–Crippen MR) is 201 cm³/mol. The van der Waals surface area contributed by atoms with E-state index in [0.717, 1.165) is 5.56 Å². The molecule has 6 N–H and O–H groups in total. The Morgan fingerprint density at radius 2 is 1.69 bits per heavy atom. The maximum absolute atomic E-state index is 12.6. The summed E-state index contributed by atoms with van der Waals surface area (Å²) < 4.78 is 6.05. The van der Waals surface area contributed by atoms with Crippen molar-refractivity contribution in [2.75, 3.05) is 23.4 Å². The van der Waals surface area contributed by atoms with Gasteiger partial charge in [-0.2, -0.15) is 0 Å². The first-order chi connectivity index (χ1) is 23.6. The number of ether oxygens (including phenoxy) is 1. The Bertz CT molecular complexity index is 1600. The summed E-state index contributed by atoms with van der Waals surface area (Å²) in [4.78, 5) is 31.3. The normalized spacial score (nSPS) is 13.2. The van der Waals surface area contributed by atoms with Crippen molar-refractivity contribution >= 4 is 64.8 Å². The van der Waals surface area contributed by atoms with Crippen LogP contribution in [0.1, 0.15) is 78.4 Å². The molecule has 3 aromatic rings. The largest absolute Gasteiger partial charge is 0.494 e. The fourth-order valence-electron chi connectivity index (χ4n) is 4.92. The van der Waals surface area contributed by atoms with Crippen LogP contribution in [0.15, 0.2) is 71.7 Å². The molecule has 1 atom stereocenters. The Hall–Kier alpha value is -4.52. The number of halogens is 1. The lowest BCUT2D eigenvalue weighted by Crippen LogP contribution is -2.42. The zero-order valence-corrected chi connectivity index (χ0v) is 29.9. The van der Waals surface area contributed by atoms with Crippen molar-refractivity contribution in [3.8, 4) is 5.75 Å². The highest BCUT2D eigenvalue weighted by Crippen LogP contribution is 2.33. The number of rotatable bonds is 12. The predicted octanol–water partition coefficient (Wildman–Crippen LogP) is 5.79. The summed E-state index contributed by atoms with van der Waals surface area (Å²) in [7, 11) is -1.61. The van der Waals surface area contributed by atoms with Crippen LogP contribution in [0.25, 0.3) is 0 Å². The first-order valence-corrected chi connectivity index (χ1v) is 17.0. The molecule has 11 nitrogen and oxygen atoms in total. The van der Waals surface area contributed by atoms with Crippen LogP contribution >= 0.6 is 11.6 Å². The van der Waals surface area contributed by atoms with Crippen molar-refractivity contribution in [1.29, 1.82) is 10.8 Å². The van der Waals surface area contributed by atoms with E-state index >= 15 is 0 Å². The van der Waals surface area contributed by atoms with E-state index in [9.17, 15) is 19.6 Å². The smallest absolute Gasteiger partial charge is 0.488 e. The first kappa shape index (κ1) is 40.7. The lowest BCUT2D eigenvalue weighted by atomic mass is 9.80. The van der Waals surface area contributed by atoms with Gasteiger partial charge in [-0.05, 0) is 74.6 Å². The second kappa shape index (κ2) is 20.8. The molecule has 49 heavy (non-hydrogen) atoms. The summed E-state index contributed by atoms with van der Waals surface area (Å²) in [5.74, 6) is 0.247. The van der Waals surface area contributed by atoms with Gasteiger partial charge in [-0.1, -0.05) is 63.6 Å². The number of benzodiazepines with no additional fused rings is 1. The summed E-state index contributed by atoms with van der Waals surface area (Å²) in [6, 6.07) is 18.1. The van der Waals surface area contributed by atoms with Gasteiger partial charge >= 0.3 is 7.12 Å². The van der Waals surface area contributed by atoms with Crippen LogP contribution in [0, 0.1) is 10.8 Å². The monoisotopic (exact) mass is 690 g/mol. The molecule has 13 heteroatoms. The van der Waals surface area contributed by atoms with Gasteiger partial charge < -0.3 is 25.4 Å². The van der Waals surface area contributed by atoms with Crippen LogP contribution in [0.2, 0.25) is 5.02 Å². The zero-order valence-electron chi connectivity index (χ0n) is 29.1. The fourth-order valence-corrected chi connectivity index (χ4v) is 5.05. The summed E-state index contributed by atoms with van der Waals surface area (Å²) in [6.45, 7) is 12.2. The van der Waals surface area contributed by atoms with Crippen molar-refractivity contribution in [3.05, 3.63) is 82.9 Å².